The molecule has 0 saturated heterocycles. The molecular weight excluding hydrogens is 239 g/mol. The van der Waals surface area contributed by atoms with E-state index in [0.29, 0.717) is 17.5 Å². The van der Waals surface area contributed by atoms with Crippen LogP contribution in [0.2, 0.25) is 0 Å². The molecule has 1 saturated carbocycles. The summed E-state index contributed by atoms with van der Waals surface area (Å²) in [6.07, 6.45) is 4.68. The lowest BCUT2D eigenvalue weighted by atomic mass is 9.81. The second-order valence-electron chi connectivity index (χ2n) is 5.63. The highest BCUT2D eigenvalue weighted by atomic mass is 19.2. The van der Waals surface area contributed by atoms with Crippen LogP contribution in [0.5, 0.6) is 0 Å². The first-order valence-corrected chi connectivity index (χ1v) is 7.15. The molecule has 1 aliphatic rings. The van der Waals surface area contributed by atoms with E-state index in [1.54, 1.807) is 0 Å². The van der Waals surface area contributed by atoms with Crippen molar-refractivity contribution in [3.63, 3.8) is 0 Å². The summed E-state index contributed by atoms with van der Waals surface area (Å²) < 4.78 is 14.2. The number of halogens is 1. The van der Waals surface area contributed by atoms with Crippen molar-refractivity contribution in [1.82, 2.24) is 10.1 Å². The van der Waals surface area contributed by atoms with Gasteiger partial charge in [0.1, 0.15) is 0 Å². The summed E-state index contributed by atoms with van der Waals surface area (Å²) in [6.45, 7) is 1.90. The Labute approximate surface area is 113 Å². The summed E-state index contributed by atoms with van der Waals surface area (Å²) in [6, 6.07) is 8.46. The molecule has 19 heavy (non-hydrogen) atoms. The number of nitrogens with one attached hydrogen (secondary N) is 1. The Balaban J connectivity index is 1.99. The van der Waals surface area contributed by atoms with Crippen molar-refractivity contribution in [3.8, 4) is 0 Å². The number of rotatable bonds is 2. The SMILES string of the molecule is CNC1CCC(c2c(C)n(F)c3ccccc23)CC1. The zero-order valence-electron chi connectivity index (χ0n) is 11.6. The van der Waals surface area contributed by atoms with E-state index in [9.17, 15) is 4.48 Å². The van der Waals surface area contributed by atoms with Crippen molar-refractivity contribution in [3.05, 3.63) is 35.5 Å². The zero-order valence-corrected chi connectivity index (χ0v) is 11.6. The number of fused-ring (bicyclic) bond motifs is 1. The van der Waals surface area contributed by atoms with Gasteiger partial charge >= 0.3 is 0 Å². The van der Waals surface area contributed by atoms with Crippen LogP contribution in [0.4, 0.5) is 4.48 Å². The maximum atomic E-state index is 14.2. The molecule has 0 amide bonds. The number of aromatic nitrogens is 1. The molecule has 2 nitrogen and oxygen atoms in total. The van der Waals surface area contributed by atoms with Gasteiger partial charge in [-0.25, -0.2) is 0 Å². The van der Waals surface area contributed by atoms with Crippen molar-refractivity contribution in [2.24, 2.45) is 0 Å². The molecule has 1 N–H and O–H groups in total. The fourth-order valence-electron chi connectivity index (χ4n) is 3.54. The molecule has 1 fully saturated rings. The van der Waals surface area contributed by atoms with E-state index >= 15 is 0 Å². The van der Waals surface area contributed by atoms with Crippen molar-refractivity contribution >= 4 is 10.9 Å². The highest BCUT2D eigenvalue weighted by Gasteiger charge is 2.26. The Morgan fingerprint density at radius 3 is 2.53 bits per heavy atom. The van der Waals surface area contributed by atoms with Crippen LogP contribution in [-0.4, -0.2) is 17.9 Å². The van der Waals surface area contributed by atoms with Crippen LogP contribution in [-0.2, 0) is 0 Å². The van der Waals surface area contributed by atoms with Gasteiger partial charge in [0.05, 0.1) is 11.2 Å². The molecule has 1 aromatic heterocycles. The van der Waals surface area contributed by atoms with Gasteiger partial charge in [-0.1, -0.05) is 22.7 Å². The molecular formula is C16H21FN2. The van der Waals surface area contributed by atoms with Gasteiger partial charge in [0, 0.05) is 11.4 Å². The fraction of sp³-hybridized carbons (Fsp3) is 0.500. The molecule has 3 heteroatoms. The summed E-state index contributed by atoms with van der Waals surface area (Å²) in [5.41, 5.74) is 2.73. The van der Waals surface area contributed by atoms with Crippen molar-refractivity contribution in [2.45, 2.75) is 44.6 Å². The van der Waals surface area contributed by atoms with Gasteiger partial charge in [0.2, 0.25) is 0 Å². The maximum Gasteiger partial charge on any atom is 0.0818 e. The third kappa shape index (κ3) is 2.06. The lowest BCUT2D eigenvalue weighted by molar-refractivity contribution is 0.350. The monoisotopic (exact) mass is 260 g/mol. The van der Waals surface area contributed by atoms with Gasteiger partial charge in [0.15, 0.2) is 0 Å². The topological polar surface area (TPSA) is 17.0 Å². The first-order chi connectivity index (χ1) is 9.22. The number of para-hydroxylation sites is 1. The van der Waals surface area contributed by atoms with Crippen LogP contribution >= 0.6 is 0 Å². The Hall–Kier alpha value is -1.35. The first-order valence-electron chi connectivity index (χ1n) is 7.15. The Kier molecular flexibility index (Phi) is 3.31. The van der Waals surface area contributed by atoms with Crippen molar-refractivity contribution < 1.29 is 4.48 Å². The highest BCUT2D eigenvalue weighted by Crippen LogP contribution is 2.39. The minimum Gasteiger partial charge on any atom is -0.317 e. The summed E-state index contributed by atoms with van der Waals surface area (Å²) in [5, 5.41) is 4.45. The molecule has 2 aromatic rings. The summed E-state index contributed by atoms with van der Waals surface area (Å²) in [7, 11) is 2.03. The number of nitrogens with zero attached hydrogens (tertiary/aromatic N) is 1. The summed E-state index contributed by atoms with van der Waals surface area (Å²) >= 11 is 0. The second kappa shape index (κ2) is 4.97. The minimum atomic E-state index is 0.506. The normalized spacial score (nSPS) is 23.9. The molecule has 0 atom stereocenters. The van der Waals surface area contributed by atoms with Gasteiger partial charge in [-0.05, 0) is 57.2 Å². The van der Waals surface area contributed by atoms with Crippen LogP contribution < -0.4 is 5.32 Å². The third-order valence-corrected chi connectivity index (χ3v) is 4.63. The van der Waals surface area contributed by atoms with Gasteiger partial charge < -0.3 is 5.32 Å². The number of benzene rings is 1. The average molecular weight is 260 g/mol. The molecule has 0 bridgehead atoms. The van der Waals surface area contributed by atoms with Gasteiger partial charge in [-0.2, -0.15) is 4.79 Å². The van der Waals surface area contributed by atoms with E-state index in [0.717, 1.165) is 28.7 Å². The quantitative estimate of drug-likeness (QED) is 0.865. The number of hydrogen-bond donors (Lipinski definition) is 1. The summed E-state index contributed by atoms with van der Waals surface area (Å²) in [5.74, 6) is 0.506. The standard InChI is InChI=1S/C16H21FN2/c1-11-16(12-7-9-13(18-2)10-8-12)14-5-3-4-6-15(14)19(11)17/h3-6,12-13,18H,7-10H2,1-2H3. The van der Waals surface area contributed by atoms with Crippen LogP contribution in [0.3, 0.4) is 0 Å². The largest absolute Gasteiger partial charge is 0.317 e. The minimum absolute atomic E-state index is 0.506. The summed E-state index contributed by atoms with van der Waals surface area (Å²) in [4.78, 5) is 0.856. The van der Waals surface area contributed by atoms with E-state index in [1.807, 2.05) is 32.2 Å². The molecule has 0 aliphatic heterocycles. The molecule has 1 heterocycles. The first kappa shape index (κ1) is 12.7. The second-order valence-corrected chi connectivity index (χ2v) is 5.63. The molecule has 1 aromatic carbocycles. The predicted molar refractivity (Wildman–Crippen MR) is 77.2 cm³/mol. The smallest absolute Gasteiger partial charge is 0.0818 e. The molecule has 0 radical (unpaired) electrons. The van der Waals surface area contributed by atoms with Crippen LogP contribution in [0.25, 0.3) is 10.9 Å². The fourth-order valence-corrected chi connectivity index (χ4v) is 3.54. The van der Waals surface area contributed by atoms with E-state index in [1.165, 1.54) is 18.4 Å². The zero-order chi connectivity index (χ0) is 13.4. The van der Waals surface area contributed by atoms with E-state index < -0.39 is 0 Å². The number of hydrogen-bond acceptors (Lipinski definition) is 1. The highest BCUT2D eigenvalue weighted by molar-refractivity contribution is 5.85. The van der Waals surface area contributed by atoms with Crippen LogP contribution in [0, 0.1) is 6.92 Å². The van der Waals surface area contributed by atoms with Crippen LogP contribution in [0.1, 0.15) is 42.9 Å². The third-order valence-electron chi connectivity index (χ3n) is 4.63. The van der Waals surface area contributed by atoms with E-state index in [2.05, 4.69) is 11.4 Å². The van der Waals surface area contributed by atoms with Gasteiger partial charge in [0.25, 0.3) is 0 Å². The van der Waals surface area contributed by atoms with E-state index in [4.69, 9.17) is 0 Å². The molecule has 0 unspecified atom stereocenters. The lowest BCUT2D eigenvalue weighted by Gasteiger charge is -2.28. The lowest BCUT2D eigenvalue weighted by Crippen LogP contribution is -2.29. The van der Waals surface area contributed by atoms with Crippen molar-refractivity contribution in [2.75, 3.05) is 7.05 Å². The maximum absolute atomic E-state index is 14.2. The molecule has 1 aliphatic carbocycles. The van der Waals surface area contributed by atoms with Gasteiger partial charge in [-0.3, -0.25) is 0 Å². The van der Waals surface area contributed by atoms with Crippen molar-refractivity contribution in [1.29, 1.82) is 0 Å². The Morgan fingerprint density at radius 1 is 1.16 bits per heavy atom. The Morgan fingerprint density at radius 2 is 1.84 bits per heavy atom. The molecule has 3 rings (SSSR count). The average Bonchev–Trinajstić information content (AvgIpc) is 2.72. The Bertz CT molecular complexity index is 580. The molecule has 102 valence electrons. The van der Waals surface area contributed by atoms with Crippen LogP contribution in [0.15, 0.2) is 24.3 Å². The predicted octanol–water partition coefficient (Wildman–Crippen LogP) is 3.93. The van der Waals surface area contributed by atoms with Gasteiger partial charge in [-0.15, -0.1) is 0 Å². The van der Waals surface area contributed by atoms with E-state index in [-0.39, 0.29) is 0 Å². The molecule has 0 spiro atoms.